The molecule has 0 amide bonds. The van der Waals surface area contributed by atoms with Gasteiger partial charge in [0.25, 0.3) is 0 Å². The summed E-state index contributed by atoms with van der Waals surface area (Å²) in [4.78, 5) is 0.927. The maximum atomic E-state index is 11.9. The minimum absolute atomic E-state index is 0.222. The van der Waals surface area contributed by atoms with Gasteiger partial charge >= 0.3 is 6.61 Å². The number of hydrogen-bond acceptors (Lipinski definition) is 2. The predicted molar refractivity (Wildman–Crippen MR) is 49.6 cm³/mol. The van der Waals surface area contributed by atoms with E-state index in [1.807, 2.05) is 19.2 Å². The molecule has 0 bridgehead atoms. The van der Waals surface area contributed by atoms with E-state index in [4.69, 9.17) is 0 Å². The Labute approximate surface area is 80.1 Å². The maximum absolute atomic E-state index is 11.9. The summed E-state index contributed by atoms with van der Waals surface area (Å²) in [5.41, 5.74) is 0.919. The second-order valence-corrected chi connectivity index (χ2v) is 3.44. The molecule has 0 aliphatic rings. The Morgan fingerprint density at radius 2 is 2.00 bits per heavy atom. The van der Waals surface area contributed by atoms with Gasteiger partial charge in [0.05, 0.1) is 0 Å². The van der Waals surface area contributed by atoms with Crippen molar-refractivity contribution in [2.75, 3.05) is 6.26 Å². The number of rotatable bonds is 3. The molecule has 0 spiro atoms. The van der Waals surface area contributed by atoms with Crippen LogP contribution in [0.25, 0.3) is 0 Å². The molecule has 13 heavy (non-hydrogen) atoms. The molecule has 0 N–H and O–H groups in total. The second kappa shape index (κ2) is 4.46. The number of alkyl halides is 2. The van der Waals surface area contributed by atoms with Gasteiger partial charge in [-0.2, -0.15) is 8.78 Å². The molecule has 0 unspecified atom stereocenters. The van der Waals surface area contributed by atoms with Crippen molar-refractivity contribution >= 4 is 11.8 Å². The van der Waals surface area contributed by atoms with Crippen molar-refractivity contribution in [2.45, 2.75) is 18.4 Å². The Hall–Kier alpha value is -0.770. The van der Waals surface area contributed by atoms with E-state index in [1.54, 1.807) is 12.1 Å². The van der Waals surface area contributed by atoms with E-state index >= 15 is 0 Å². The molecule has 0 aromatic heterocycles. The van der Waals surface area contributed by atoms with Crippen molar-refractivity contribution in [2.24, 2.45) is 0 Å². The Morgan fingerprint density at radius 1 is 1.31 bits per heavy atom. The number of ether oxygens (including phenoxy) is 1. The number of aryl methyl sites for hydroxylation is 1. The van der Waals surface area contributed by atoms with E-state index in [1.165, 1.54) is 11.8 Å². The second-order valence-electron chi connectivity index (χ2n) is 2.56. The zero-order valence-corrected chi connectivity index (χ0v) is 8.20. The minimum atomic E-state index is -2.75. The summed E-state index contributed by atoms with van der Waals surface area (Å²) in [6.45, 7) is -0.908. The molecule has 0 radical (unpaired) electrons. The van der Waals surface area contributed by atoms with Gasteiger partial charge in [0.1, 0.15) is 5.75 Å². The molecule has 1 aromatic rings. The van der Waals surface area contributed by atoms with Crippen molar-refractivity contribution in [1.29, 1.82) is 0 Å². The summed E-state index contributed by atoms with van der Waals surface area (Å²) < 4.78 is 28.0. The van der Waals surface area contributed by atoms with Gasteiger partial charge in [-0.15, -0.1) is 11.8 Å². The molecule has 1 nitrogen and oxygen atoms in total. The van der Waals surface area contributed by atoms with Crippen molar-refractivity contribution < 1.29 is 13.5 Å². The predicted octanol–water partition coefficient (Wildman–Crippen LogP) is 3.32. The van der Waals surface area contributed by atoms with Crippen LogP contribution in [0.3, 0.4) is 0 Å². The van der Waals surface area contributed by atoms with Crippen LogP contribution >= 0.6 is 11.8 Å². The van der Waals surface area contributed by atoms with Crippen molar-refractivity contribution in [3.05, 3.63) is 23.8 Å². The first-order chi connectivity index (χ1) is 6.11. The third kappa shape index (κ3) is 3.22. The first kappa shape index (κ1) is 10.3. The van der Waals surface area contributed by atoms with Crippen LogP contribution in [0.4, 0.5) is 8.78 Å². The van der Waals surface area contributed by atoms with E-state index in [2.05, 4.69) is 4.74 Å². The Balaban J connectivity index is 2.88. The Bertz CT molecular complexity index is 289. The lowest BCUT2D eigenvalue weighted by molar-refractivity contribution is -0.0500. The zero-order chi connectivity index (χ0) is 9.84. The molecule has 4 heteroatoms. The summed E-state index contributed by atoms with van der Waals surface area (Å²) in [7, 11) is 0. The van der Waals surface area contributed by atoms with Crippen LogP contribution in [-0.2, 0) is 0 Å². The number of thioether (sulfide) groups is 1. The molecule has 0 fully saturated rings. The highest BCUT2D eigenvalue weighted by atomic mass is 32.2. The monoisotopic (exact) mass is 204 g/mol. The summed E-state index contributed by atoms with van der Waals surface area (Å²) in [6.07, 6.45) is 1.89. The smallest absolute Gasteiger partial charge is 0.387 e. The summed E-state index contributed by atoms with van der Waals surface area (Å²) >= 11 is 1.50. The van der Waals surface area contributed by atoms with Crippen molar-refractivity contribution in [1.82, 2.24) is 0 Å². The standard InChI is InChI=1S/C9H10F2OS/c1-6-3-7(12-9(10)11)5-8(4-6)13-2/h3-5,9H,1-2H3. The van der Waals surface area contributed by atoms with Gasteiger partial charge in [-0.1, -0.05) is 0 Å². The van der Waals surface area contributed by atoms with E-state index in [-0.39, 0.29) is 5.75 Å². The van der Waals surface area contributed by atoms with Gasteiger partial charge in [0.15, 0.2) is 0 Å². The lowest BCUT2D eigenvalue weighted by atomic mass is 10.2. The van der Waals surface area contributed by atoms with Gasteiger partial charge in [-0.25, -0.2) is 0 Å². The van der Waals surface area contributed by atoms with Gasteiger partial charge < -0.3 is 4.74 Å². The van der Waals surface area contributed by atoms with Crippen LogP contribution in [0.15, 0.2) is 23.1 Å². The summed E-state index contributed by atoms with van der Waals surface area (Å²) in [6, 6.07) is 5.11. The van der Waals surface area contributed by atoms with Crippen LogP contribution in [0.5, 0.6) is 5.75 Å². The largest absolute Gasteiger partial charge is 0.435 e. The highest BCUT2D eigenvalue weighted by Crippen LogP contribution is 2.24. The van der Waals surface area contributed by atoms with E-state index in [9.17, 15) is 8.78 Å². The molecule has 0 aliphatic heterocycles. The molecule has 0 saturated carbocycles. The SMILES string of the molecule is CSc1cc(C)cc(OC(F)F)c1. The van der Waals surface area contributed by atoms with Gasteiger partial charge in [-0.05, 0) is 36.9 Å². The number of hydrogen-bond donors (Lipinski definition) is 0. The first-order valence-electron chi connectivity index (χ1n) is 3.72. The van der Waals surface area contributed by atoms with Crippen LogP contribution in [0, 0.1) is 6.92 Å². The van der Waals surface area contributed by atoms with Gasteiger partial charge in [-0.3, -0.25) is 0 Å². The first-order valence-corrected chi connectivity index (χ1v) is 4.95. The van der Waals surface area contributed by atoms with Crippen LogP contribution in [-0.4, -0.2) is 12.9 Å². The van der Waals surface area contributed by atoms with Crippen molar-refractivity contribution in [3.63, 3.8) is 0 Å². The fourth-order valence-corrected chi connectivity index (χ4v) is 1.54. The molecule has 0 saturated heterocycles. The molecule has 0 atom stereocenters. The number of benzene rings is 1. The Kier molecular flexibility index (Phi) is 3.54. The lowest BCUT2D eigenvalue weighted by Crippen LogP contribution is -2.01. The molecular weight excluding hydrogens is 194 g/mol. The highest BCUT2D eigenvalue weighted by Gasteiger charge is 2.05. The average Bonchev–Trinajstić information content (AvgIpc) is 2.01. The van der Waals surface area contributed by atoms with Crippen molar-refractivity contribution in [3.8, 4) is 5.75 Å². The quantitative estimate of drug-likeness (QED) is 0.698. The zero-order valence-electron chi connectivity index (χ0n) is 7.38. The van der Waals surface area contributed by atoms with Crippen LogP contribution < -0.4 is 4.74 Å². The summed E-state index contributed by atoms with van der Waals surface area (Å²) in [5.74, 6) is 0.222. The third-order valence-corrected chi connectivity index (χ3v) is 2.19. The minimum Gasteiger partial charge on any atom is -0.435 e. The fraction of sp³-hybridized carbons (Fsp3) is 0.333. The third-order valence-electron chi connectivity index (χ3n) is 1.49. The van der Waals surface area contributed by atoms with Crippen LogP contribution in [0.2, 0.25) is 0 Å². The lowest BCUT2D eigenvalue weighted by Gasteiger charge is -2.06. The highest BCUT2D eigenvalue weighted by molar-refractivity contribution is 7.98. The molecule has 1 rings (SSSR count). The van der Waals surface area contributed by atoms with E-state index in [0.717, 1.165) is 10.5 Å². The molecule has 72 valence electrons. The van der Waals surface area contributed by atoms with E-state index in [0.29, 0.717) is 0 Å². The fourth-order valence-electron chi connectivity index (χ4n) is 1.00. The maximum Gasteiger partial charge on any atom is 0.387 e. The Morgan fingerprint density at radius 3 is 2.54 bits per heavy atom. The normalized spacial score (nSPS) is 10.5. The summed E-state index contributed by atoms with van der Waals surface area (Å²) in [5, 5.41) is 0. The molecule has 1 aromatic carbocycles. The van der Waals surface area contributed by atoms with Crippen LogP contribution in [0.1, 0.15) is 5.56 Å². The average molecular weight is 204 g/mol. The van der Waals surface area contributed by atoms with Gasteiger partial charge in [0, 0.05) is 4.90 Å². The number of halogens is 2. The molecule has 0 aliphatic carbocycles. The van der Waals surface area contributed by atoms with Gasteiger partial charge in [0.2, 0.25) is 0 Å². The van der Waals surface area contributed by atoms with E-state index < -0.39 is 6.61 Å². The topological polar surface area (TPSA) is 9.23 Å². The molecule has 0 heterocycles. The molecular formula is C9H10F2OS.